The van der Waals surface area contributed by atoms with E-state index in [1.165, 1.54) is 5.39 Å². The molecule has 4 aromatic carbocycles. The molecule has 4 rings (SSSR count). The van der Waals surface area contributed by atoms with Crippen LogP contribution in [0.2, 0.25) is 0 Å². The van der Waals surface area contributed by atoms with E-state index in [1.807, 2.05) is 42.6 Å². The van der Waals surface area contributed by atoms with E-state index in [-0.39, 0.29) is 0 Å². The molecule has 0 amide bonds. The number of nitrogens with two attached hydrogens (primary N) is 1. The number of benzene rings is 4. The topological polar surface area (TPSA) is 38.0 Å². The molecule has 0 saturated carbocycles. The van der Waals surface area contributed by atoms with Crippen molar-refractivity contribution in [1.82, 2.24) is 0 Å². The Labute approximate surface area is 158 Å². The van der Waals surface area contributed by atoms with Crippen LogP contribution < -0.4 is 11.1 Å². The molecule has 126 valence electrons. The van der Waals surface area contributed by atoms with Gasteiger partial charge in [-0.25, -0.2) is 0 Å². The molecule has 0 radical (unpaired) electrons. The van der Waals surface area contributed by atoms with Gasteiger partial charge >= 0.3 is 0 Å². The van der Waals surface area contributed by atoms with Crippen LogP contribution in [0.4, 0.5) is 5.69 Å². The third-order valence-corrected chi connectivity index (χ3v) is 4.73. The number of anilines is 1. The molecule has 26 heavy (non-hydrogen) atoms. The molecule has 3 N–H and O–H groups in total. The van der Waals surface area contributed by atoms with Gasteiger partial charge in [0.25, 0.3) is 0 Å². The molecule has 0 heterocycles. The van der Waals surface area contributed by atoms with Crippen LogP contribution in [-0.2, 0) is 0 Å². The molecular formula is C23H18N2S. The molecule has 0 unspecified atom stereocenters. The highest BCUT2D eigenvalue weighted by atomic mass is 32.1. The molecule has 0 saturated heterocycles. The van der Waals surface area contributed by atoms with Gasteiger partial charge in [0.1, 0.15) is 4.99 Å². The van der Waals surface area contributed by atoms with E-state index in [1.54, 1.807) is 0 Å². The van der Waals surface area contributed by atoms with Crippen molar-refractivity contribution in [2.24, 2.45) is 5.73 Å². The summed E-state index contributed by atoms with van der Waals surface area (Å²) in [6.45, 7) is 0. The van der Waals surface area contributed by atoms with Gasteiger partial charge in [-0.05, 0) is 27.8 Å². The zero-order valence-electron chi connectivity index (χ0n) is 14.1. The van der Waals surface area contributed by atoms with Crippen molar-refractivity contribution in [3.8, 4) is 0 Å². The van der Waals surface area contributed by atoms with E-state index >= 15 is 0 Å². The zero-order valence-corrected chi connectivity index (χ0v) is 15.0. The fourth-order valence-corrected chi connectivity index (χ4v) is 3.41. The Morgan fingerprint density at radius 1 is 0.731 bits per heavy atom. The first-order valence-electron chi connectivity index (χ1n) is 8.46. The van der Waals surface area contributed by atoms with Crippen LogP contribution in [0.1, 0.15) is 5.56 Å². The standard InChI is InChI=1S/C23H18N2S/c24-23(26)21(20-13-5-9-16-7-1-3-11-18(16)20)15-25-22-14-6-10-17-8-2-4-12-19(17)22/h1-15,25H,(H2,24,26). The highest BCUT2D eigenvalue weighted by molar-refractivity contribution is 7.81. The molecular weight excluding hydrogens is 336 g/mol. The fraction of sp³-hybridized carbons (Fsp3) is 0. The van der Waals surface area contributed by atoms with Crippen molar-refractivity contribution in [3.63, 3.8) is 0 Å². The molecule has 0 aliphatic heterocycles. The minimum atomic E-state index is 0.370. The van der Waals surface area contributed by atoms with Crippen LogP contribution in [0.5, 0.6) is 0 Å². The maximum atomic E-state index is 6.06. The molecule has 0 aliphatic carbocycles. The first-order valence-corrected chi connectivity index (χ1v) is 8.87. The first-order chi connectivity index (χ1) is 12.7. The van der Waals surface area contributed by atoms with Crippen molar-refractivity contribution in [2.45, 2.75) is 0 Å². The average molecular weight is 354 g/mol. The predicted molar refractivity (Wildman–Crippen MR) is 116 cm³/mol. The number of nitrogens with one attached hydrogen (secondary N) is 1. The van der Waals surface area contributed by atoms with Crippen LogP contribution >= 0.6 is 12.2 Å². The van der Waals surface area contributed by atoms with E-state index in [0.717, 1.165) is 33.0 Å². The normalized spacial score (nSPS) is 11.6. The average Bonchev–Trinajstić information content (AvgIpc) is 2.68. The summed E-state index contributed by atoms with van der Waals surface area (Å²) < 4.78 is 0. The van der Waals surface area contributed by atoms with Gasteiger partial charge in [0.2, 0.25) is 0 Å². The van der Waals surface area contributed by atoms with Crippen molar-refractivity contribution >= 4 is 50.0 Å². The van der Waals surface area contributed by atoms with Crippen LogP contribution in [-0.4, -0.2) is 4.99 Å². The van der Waals surface area contributed by atoms with Gasteiger partial charge in [0.05, 0.1) is 0 Å². The van der Waals surface area contributed by atoms with E-state index in [0.29, 0.717) is 4.99 Å². The van der Waals surface area contributed by atoms with Crippen LogP contribution in [0, 0.1) is 0 Å². The van der Waals surface area contributed by atoms with E-state index in [9.17, 15) is 0 Å². The Bertz CT molecular complexity index is 1130. The lowest BCUT2D eigenvalue weighted by Gasteiger charge is -2.12. The largest absolute Gasteiger partial charge is 0.389 e. The third kappa shape index (κ3) is 3.05. The van der Waals surface area contributed by atoms with Gasteiger partial charge in [0, 0.05) is 22.8 Å². The van der Waals surface area contributed by atoms with Gasteiger partial charge in [-0.3, -0.25) is 0 Å². The van der Waals surface area contributed by atoms with Gasteiger partial charge in [0.15, 0.2) is 0 Å². The summed E-state index contributed by atoms with van der Waals surface area (Å²) in [5.41, 5.74) is 8.94. The van der Waals surface area contributed by atoms with E-state index < -0.39 is 0 Å². The summed E-state index contributed by atoms with van der Waals surface area (Å²) in [6, 6.07) is 28.9. The predicted octanol–water partition coefficient (Wildman–Crippen LogP) is 5.73. The minimum absolute atomic E-state index is 0.370. The molecule has 4 aromatic rings. The SMILES string of the molecule is NC(=S)C(=CNc1cccc2ccccc12)c1cccc2ccccc12. The Hall–Kier alpha value is -3.17. The second-order valence-electron chi connectivity index (χ2n) is 6.12. The summed E-state index contributed by atoms with van der Waals surface area (Å²) >= 11 is 5.34. The second kappa shape index (κ2) is 6.98. The Kier molecular flexibility index (Phi) is 4.38. The maximum Gasteiger partial charge on any atom is 0.106 e. The van der Waals surface area contributed by atoms with Gasteiger partial charge in [-0.1, -0.05) is 91.1 Å². The second-order valence-corrected chi connectivity index (χ2v) is 6.56. The highest BCUT2D eigenvalue weighted by Gasteiger charge is 2.09. The highest BCUT2D eigenvalue weighted by Crippen LogP contribution is 2.27. The summed E-state index contributed by atoms with van der Waals surface area (Å²) in [4.78, 5) is 0.370. The van der Waals surface area contributed by atoms with E-state index in [4.69, 9.17) is 18.0 Å². The molecule has 0 aromatic heterocycles. The zero-order chi connectivity index (χ0) is 17.9. The van der Waals surface area contributed by atoms with Crippen molar-refractivity contribution in [2.75, 3.05) is 5.32 Å². The van der Waals surface area contributed by atoms with E-state index in [2.05, 4.69) is 53.8 Å². The lowest BCUT2D eigenvalue weighted by Crippen LogP contribution is -2.12. The number of hydrogen-bond donors (Lipinski definition) is 2. The molecule has 3 heteroatoms. The molecule has 0 atom stereocenters. The summed E-state index contributed by atoms with van der Waals surface area (Å²) in [5.74, 6) is 0. The third-order valence-electron chi connectivity index (χ3n) is 4.51. The minimum Gasteiger partial charge on any atom is -0.389 e. The Morgan fingerprint density at radius 2 is 1.31 bits per heavy atom. The van der Waals surface area contributed by atoms with Gasteiger partial charge in [-0.15, -0.1) is 0 Å². The summed E-state index contributed by atoms with van der Waals surface area (Å²) in [7, 11) is 0. The lowest BCUT2D eigenvalue weighted by atomic mass is 9.98. The van der Waals surface area contributed by atoms with Crippen molar-refractivity contribution in [3.05, 3.63) is 96.7 Å². The molecule has 0 spiro atoms. The fourth-order valence-electron chi connectivity index (χ4n) is 3.24. The number of rotatable bonds is 4. The van der Waals surface area contributed by atoms with Gasteiger partial charge < -0.3 is 11.1 Å². The summed E-state index contributed by atoms with van der Waals surface area (Å²) in [5, 5.41) is 8.05. The van der Waals surface area contributed by atoms with Crippen LogP contribution in [0.25, 0.3) is 27.1 Å². The first kappa shape index (κ1) is 16.3. The monoisotopic (exact) mass is 354 g/mol. The van der Waals surface area contributed by atoms with Crippen molar-refractivity contribution in [1.29, 1.82) is 0 Å². The van der Waals surface area contributed by atoms with Crippen LogP contribution in [0.3, 0.4) is 0 Å². The molecule has 0 fully saturated rings. The van der Waals surface area contributed by atoms with Crippen molar-refractivity contribution < 1.29 is 0 Å². The molecule has 2 nitrogen and oxygen atoms in total. The number of thiocarbonyl (C=S) groups is 1. The van der Waals surface area contributed by atoms with Gasteiger partial charge in [-0.2, -0.15) is 0 Å². The molecule has 0 bridgehead atoms. The summed E-state index contributed by atoms with van der Waals surface area (Å²) in [6.07, 6.45) is 1.91. The smallest absolute Gasteiger partial charge is 0.106 e. The quantitative estimate of drug-likeness (QED) is 0.363. The molecule has 0 aliphatic rings. The Morgan fingerprint density at radius 3 is 2.04 bits per heavy atom. The number of hydrogen-bond acceptors (Lipinski definition) is 2. The maximum absolute atomic E-state index is 6.06. The van der Waals surface area contributed by atoms with Crippen LogP contribution in [0.15, 0.2) is 91.1 Å². The Balaban J connectivity index is 1.80. The lowest BCUT2D eigenvalue weighted by molar-refractivity contribution is 1.60. The number of fused-ring (bicyclic) bond motifs is 2.